The second-order valence-electron chi connectivity index (χ2n) is 4.17. The van der Waals surface area contributed by atoms with Crippen molar-refractivity contribution in [2.75, 3.05) is 13.7 Å². The summed E-state index contributed by atoms with van der Waals surface area (Å²) in [5, 5.41) is 4.32. The molecule has 0 fully saturated rings. The van der Waals surface area contributed by atoms with Gasteiger partial charge in [-0.3, -0.25) is 9.59 Å². The van der Waals surface area contributed by atoms with Crippen LogP contribution in [0.15, 0.2) is 41.8 Å². The Morgan fingerprint density at radius 1 is 1.19 bits per heavy atom. The SMILES string of the molecule is COc1ccc(COC(=O)CNC(=O)c2cccs2)cc1. The van der Waals surface area contributed by atoms with E-state index in [1.54, 1.807) is 36.8 Å². The van der Waals surface area contributed by atoms with E-state index in [0.717, 1.165) is 11.3 Å². The molecule has 2 rings (SSSR count). The Morgan fingerprint density at radius 2 is 1.95 bits per heavy atom. The quantitative estimate of drug-likeness (QED) is 0.831. The molecular formula is C15H15NO4S. The van der Waals surface area contributed by atoms with Gasteiger partial charge in [-0.2, -0.15) is 0 Å². The molecule has 1 aromatic carbocycles. The maximum Gasteiger partial charge on any atom is 0.325 e. The molecule has 6 heteroatoms. The summed E-state index contributed by atoms with van der Waals surface area (Å²) in [4.78, 5) is 23.8. The first kappa shape index (κ1) is 15.1. The van der Waals surface area contributed by atoms with E-state index in [-0.39, 0.29) is 19.1 Å². The van der Waals surface area contributed by atoms with Gasteiger partial charge in [-0.25, -0.2) is 0 Å². The molecule has 0 saturated heterocycles. The number of nitrogens with one attached hydrogen (secondary N) is 1. The third-order valence-electron chi connectivity index (χ3n) is 2.70. The summed E-state index contributed by atoms with van der Waals surface area (Å²) < 4.78 is 10.1. The van der Waals surface area contributed by atoms with Crippen molar-refractivity contribution in [1.82, 2.24) is 5.32 Å². The van der Waals surface area contributed by atoms with Crippen LogP contribution in [0, 0.1) is 0 Å². The topological polar surface area (TPSA) is 64.6 Å². The number of hydrogen-bond donors (Lipinski definition) is 1. The highest BCUT2D eigenvalue weighted by atomic mass is 32.1. The number of hydrogen-bond acceptors (Lipinski definition) is 5. The van der Waals surface area contributed by atoms with Crippen LogP contribution in [0.3, 0.4) is 0 Å². The fourth-order valence-corrected chi connectivity index (χ4v) is 2.22. The zero-order valence-corrected chi connectivity index (χ0v) is 12.3. The summed E-state index contributed by atoms with van der Waals surface area (Å²) in [7, 11) is 1.59. The third kappa shape index (κ3) is 4.61. The minimum Gasteiger partial charge on any atom is -0.497 e. The summed E-state index contributed by atoms with van der Waals surface area (Å²) in [6.45, 7) is 0.0184. The number of ether oxygens (including phenoxy) is 2. The Bertz CT molecular complexity index is 593. The second-order valence-corrected chi connectivity index (χ2v) is 5.12. The van der Waals surface area contributed by atoms with Crippen LogP contribution >= 0.6 is 11.3 Å². The Labute approximate surface area is 126 Å². The van der Waals surface area contributed by atoms with Crippen LogP contribution in [0.4, 0.5) is 0 Å². The number of rotatable bonds is 6. The predicted molar refractivity (Wildman–Crippen MR) is 79.4 cm³/mol. The molecular weight excluding hydrogens is 290 g/mol. The van der Waals surface area contributed by atoms with Crippen molar-refractivity contribution in [3.8, 4) is 5.75 Å². The lowest BCUT2D eigenvalue weighted by atomic mass is 10.2. The van der Waals surface area contributed by atoms with Gasteiger partial charge in [-0.05, 0) is 29.1 Å². The average Bonchev–Trinajstić information content (AvgIpc) is 3.05. The molecule has 0 radical (unpaired) electrons. The van der Waals surface area contributed by atoms with E-state index >= 15 is 0 Å². The Morgan fingerprint density at radius 3 is 2.57 bits per heavy atom. The van der Waals surface area contributed by atoms with Gasteiger partial charge in [0.1, 0.15) is 18.9 Å². The molecule has 1 aromatic heterocycles. The molecule has 0 bridgehead atoms. The van der Waals surface area contributed by atoms with E-state index < -0.39 is 5.97 Å². The first-order valence-electron chi connectivity index (χ1n) is 6.29. The highest BCUT2D eigenvalue weighted by Gasteiger charge is 2.09. The van der Waals surface area contributed by atoms with Crippen molar-refractivity contribution in [3.63, 3.8) is 0 Å². The van der Waals surface area contributed by atoms with Crippen LogP contribution in [0.5, 0.6) is 5.75 Å². The van der Waals surface area contributed by atoms with Crippen LogP contribution in [0.25, 0.3) is 0 Å². The van der Waals surface area contributed by atoms with Gasteiger partial charge in [0, 0.05) is 0 Å². The molecule has 0 aliphatic carbocycles. The van der Waals surface area contributed by atoms with Crippen molar-refractivity contribution in [2.45, 2.75) is 6.61 Å². The van der Waals surface area contributed by atoms with E-state index in [1.165, 1.54) is 11.3 Å². The van der Waals surface area contributed by atoms with E-state index in [2.05, 4.69) is 5.32 Å². The highest BCUT2D eigenvalue weighted by Crippen LogP contribution is 2.12. The van der Waals surface area contributed by atoms with Gasteiger partial charge < -0.3 is 14.8 Å². The summed E-state index contributed by atoms with van der Waals surface area (Å²) in [6.07, 6.45) is 0. The number of carbonyl (C=O) groups excluding carboxylic acids is 2. The van der Waals surface area contributed by atoms with Crippen molar-refractivity contribution < 1.29 is 19.1 Å². The third-order valence-corrected chi connectivity index (χ3v) is 3.57. The van der Waals surface area contributed by atoms with Crippen molar-refractivity contribution in [3.05, 3.63) is 52.2 Å². The number of carbonyl (C=O) groups is 2. The summed E-state index contributed by atoms with van der Waals surface area (Å²) in [5.74, 6) is -0.00425. The molecule has 1 amide bonds. The summed E-state index contributed by atoms with van der Waals surface area (Å²) in [6, 6.07) is 10.7. The normalized spacial score (nSPS) is 9.95. The van der Waals surface area contributed by atoms with E-state index in [1.807, 2.05) is 12.1 Å². The molecule has 0 unspecified atom stereocenters. The molecule has 21 heavy (non-hydrogen) atoms. The van der Waals surface area contributed by atoms with Crippen LogP contribution < -0.4 is 10.1 Å². The first-order valence-corrected chi connectivity index (χ1v) is 7.17. The number of thiophene rings is 1. The summed E-state index contributed by atoms with van der Waals surface area (Å²) >= 11 is 1.32. The first-order chi connectivity index (χ1) is 10.2. The largest absolute Gasteiger partial charge is 0.497 e. The van der Waals surface area contributed by atoms with Crippen molar-refractivity contribution in [1.29, 1.82) is 0 Å². The standard InChI is InChI=1S/C15H15NO4S/c1-19-12-6-4-11(5-7-12)10-20-14(17)9-16-15(18)13-3-2-8-21-13/h2-8H,9-10H2,1H3,(H,16,18). The van der Waals surface area contributed by atoms with Gasteiger partial charge in [0.25, 0.3) is 5.91 Å². The molecule has 2 aromatic rings. The van der Waals surface area contributed by atoms with Gasteiger partial charge in [0.2, 0.25) is 0 Å². The van der Waals surface area contributed by atoms with Crippen LogP contribution in [0.1, 0.15) is 15.2 Å². The highest BCUT2D eigenvalue weighted by molar-refractivity contribution is 7.12. The smallest absolute Gasteiger partial charge is 0.325 e. The minimum atomic E-state index is -0.476. The zero-order chi connectivity index (χ0) is 15.1. The number of esters is 1. The minimum absolute atomic E-state index is 0.146. The Balaban J connectivity index is 1.73. The zero-order valence-electron chi connectivity index (χ0n) is 11.5. The maximum atomic E-state index is 11.6. The molecule has 0 saturated carbocycles. The lowest BCUT2D eigenvalue weighted by Gasteiger charge is -2.06. The molecule has 0 spiro atoms. The van der Waals surface area contributed by atoms with E-state index in [9.17, 15) is 9.59 Å². The molecule has 5 nitrogen and oxygen atoms in total. The summed E-state index contributed by atoms with van der Waals surface area (Å²) in [5.41, 5.74) is 0.855. The lowest BCUT2D eigenvalue weighted by molar-refractivity contribution is -0.143. The van der Waals surface area contributed by atoms with E-state index in [4.69, 9.17) is 9.47 Å². The molecule has 1 N–H and O–H groups in total. The lowest BCUT2D eigenvalue weighted by Crippen LogP contribution is -2.30. The van der Waals surface area contributed by atoms with Crippen molar-refractivity contribution in [2.24, 2.45) is 0 Å². The molecule has 1 heterocycles. The van der Waals surface area contributed by atoms with Gasteiger partial charge in [-0.15, -0.1) is 11.3 Å². The Hall–Kier alpha value is -2.34. The molecule has 0 aliphatic rings. The fraction of sp³-hybridized carbons (Fsp3) is 0.200. The second kappa shape index (κ2) is 7.44. The van der Waals surface area contributed by atoms with Crippen LogP contribution in [-0.4, -0.2) is 25.5 Å². The van der Waals surface area contributed by atoms with Gasteiger partial charge in [-0.1, -0.05) is 18.2 Å². The fourth-order valence-electron chi connectivity index (χ4n) is 1.58. The Kier molecular flexibility index (Phi) is 5.34. The van der Waals surface area contributed by atoms with Crippen LogP contribution in [0.2, 0.25) is 0 Å². The molecule has 0 aliphatic heterocycles. The van der Waals surface area contributed by atoms with Gasteiger partial charge in [0.15, 0.2) is 0 Å². The average molecular weight is 305 g/mol. The maximum absolute atomic E-state index is 11.6. The van der Waals surface area contributed by atoms with E-state index in [0.29, 0.717) is 4.88 Å². The molecule has 0 atom stereocenters. The number of amides is 1. The number of benzene rings is 1. The van der Waals surface area contributed by atoms with Crippen molar-refractivity contribution >= 4 is 23.2 Å². The van der Waals surface area contributed by atoms with Crippen LogP contribution in [-0.2, 0) is 16.1 Å². The monoisotopic (exact) mass is 305 g/mol. The molecule has 110 valence electrons. The van der Waals surface area contributed by atoms with Gasteiger partial charge >= 0.3 is 5.97 Å². The number of methoxy groups -OCH3 is 1. The predicted octanol–water partition coefficient (Wildman–Crippen LogP) is 2.23. The van der Waals surface area contributed by atoms with Gasteiger partial charge in [0.05, 0.1) is 12.0 Å².